The third-order valence-corrected chi connectivity index (χ3v) is 5.33. The highest BCUT2D eigenvalue weighted by atomic mass is 19.4. The number of hydrogen-bond donors (Lipinski definition) is 0. The fourth-order valence-corrected chi connectivity index (χ4v) is 3.93. The Morgan fingerprint density at radius 2 is 1.83 bits per heavy atom. The van der Waals surface area contributed by atoms with E-state index in [1.807, 2.05) is 30.3 Å². The Balaban J connectivity index is 1.46. The minimum absolute atomic E-state index is 0.110. The van der Waals surface area contributed by atoms with Gasteiger partial charge in [-0.1, -0.05) is 42.5 Å². The minimum atomic E-state index is -4.54. The molecule has 1 aliphatic heterocycles. The number of alkyl halides is 3. The van der Waals surface area contributed by atoms with Crippen LogP contribution in [-0.4, -0.2) is 33.6 Å². The molecule has 0 saturated carbocycles. The molecule has 1 aromatic heterocycles. The van der Waals surface area contributed by atoms with Crippen LogP contribution < -0.4 is 0 Å². The van der Waals surface area contributed by atoms with Gasteiger partial charge in [0.1, 0.15) is 6.61 Å². The number of amides is 1. The van der Waals surface area contributed by atoms with E-state index in [0.29, 0.717) is 24.1 Å². The van der Waals surface area contributed by atoms with E-state index in [9.17, 15) is 18.0 Å². The molecule has 0 unspecified atom stereocenters. The number of fused-ring (bicyclic) bond motifs is 1. The van der Waals surface area contributed by atoms with E-state index in [0.717, 1.165) is 18.4 Å². The number of carbonyl (C=O) groups is 1. The fraction of sp³-hybridized carbons (Fsp3) is 0.364. The van der Waals surface area contributed by atoms with Crippen LogP contribution in [0.1, 0.15) is 24.2 Å². The van der Waals surface area contributed by atoms with Crippen molar-refractivity contribution in [2.75, 3.05) is 13.1 Å². The number of hydrogen-bond acceptors (Lipinski definition) is 3. The van der Waals surface area contributed by atoms with Crippen LogP contribution >= 0.6 is 0 Å². The van der Waals surface area contributed by atoms with Crippen LogP contribution in [0.15, 0.2) is 54.6 Å². The van der Waals surface area contributed by atoms with Crippen molar-refractivity contribution in [2.24, 2.45) is 5.92 Å². The quantitative estimate of drug-likeness (QED) is 0.593. The number of nitrogens with zero attached hydrogens (tertiary/aromatic N) is 3. The highest BCUT2D eigenvalue weighted by Crippen LogP contribution is 2.33. The van der Waals surface area contributed by atoms with Crippen molar-refractivity contribution in [1.29, 1.82) is 0 Å². The van der Waals surface area contributed by atoms with E-state index in [1.54, 1.807) is 29.2 Å². The molecule has 0 N–H and O–H groups in total. The number of aromatic nitrogens is 2. The van der Waals surface area contributed by atoms with Crippen molar-refractivity contribution >= 4 is 17.1 Å². The largest absolute Gasteiger partial charge is 0.449 e. The smallest absolute Gasteiger partial charge is 0.445 e. The van der Waals surface area contributed by atoms with E-state index < -0.39 is 18.1 Å². The Labute approximate surface area is 172 Å². The molecular weight excluding hydrogens is 395 g/mol. The van der Waals surface area contributed by atoms with Crippen LogP contribution in [0.4, 0.5) is 18.0 Å². The van der Waals surface area contributed by atoms with E-state index in [4.69, 9.17) is 4.74 Å². The van der Waals surface area contributed by atoms with Gasteiger partial charge in [0.25, 0.3) is 0 Å². The second-order valence-corrected chi connectivity index (χ2v) is 7.53. The maximum Gasteiger partial charge on any atom is 0.449 e. The molecule has 2 heterocycles. The third-order valence-electron chi connectivity index (χ3n) is 5.33. The van der Waals surface area contributed by atoms with Crippen LogP contribution in [0.25, 0.3) is 11.0 Å². The van der Waals surface area contributed by atoms with Crippen LogP contribution in [0.3, 0.4) is 0 Å². The zero-order valence-electron chi connectivity index (χ0n) is 16.3. The molecule has 1 atom stereocenters. The minimum Gasteiger partial charge on any atom is -0.445 e. The zero-order valence-corrected chi connectivity index (χ0v) is 16.3. The van der Waals surface area contributed by atoms with Gasteiger partial charge in [-0.15, -0.1) is 0 Å². The van der Waals surface area contributed by atoms with Crippen LogP contribution in [-0.2, 0) is 24.1 Å². The molecule has 2 aromatic carbocycles. The molecule has 5 nitrogen and oxygen atoms in total. The maximum atomic E-state index is 13.5. The lowest BCUT2D eigenvalue weighted by Gasteiger charge is -2.32. The monoisotopic (exact) mass is 417 g/mol. The molecular formula is C22H22F3N3O2. The summed E-state index contributed by atoms with van der Waals surface area (Å²) >= 11 is 0. The Bertz CT molecular complexity index is 1020. The van der Waals surface area contributed by atoms with Crippen LogP contribution in [0, 0.1) is 5.92 Å². The van der Waals surface area contributed by atoms with Gasteiger partial charge in [0.05, 0.1) is 11.0 Å². The number of imidazole rings is 1. The molecule has 1 saturated heterocycles. The van der Waals surface area contributed by atoms with Crippen molar-refractivity contribution in [3.8, 4) is 0 Å². The number of halogens is 3. The molecule has 8 heteroatoms. The molecule has 0 bridgehead atoms. The number of piperidine rings is 1. The summed E-state index contributed by atoms with van der Waals surface area (Å²) in [5, 5.41) is 0. The van der Waals surface area contributed by atoms with Gasteiger partial charge in [-0.2, -0.15) is 13.2 Å². The summed E-state index contributed by atoms with van der Waals surface area (Å²) in [7, 11) is 0. The molecule has 1 fully saturated rings. The second kappa shape index (κ2) is 8.38. The molecule has 0 radical (unpaired) electrons. The van der Waals surface area contributed by atoms with Crippen molar-refractivity contribution < 1.29 is 22.7 Å². The highest BCUT2D eigenvalue weighted by Gasteiger charge is 2.38. The first-order valence-electron chi connectivity index (χ1n) is 9.90. The zero-order chi connectivity index (χ0) is 21.1. The van der Waals surface area contributed by atoms with E-state index >= 15 is 0 Å². The van der Waals surface area contributed by atoms with Crippen molar-refractivity contribution in [2.45, 2.75) is 32.2 Å². The lowest BCUT2D eigenvalue weighted by atomic mass is 9.98. The summed E-state index contributed by atoms with van der Waals surface area (Å²) in [6.45, 7) is 1.22. The molecule has 1 amide bonds. The average molecular weight is 417 g/mol. The Morgan fingerprint density at radius 3 is 2.60 bits per heavy atom. The molecule has 30 heavy (non-hydrogen) atoms. The summed E-state index contributed by atoms with van der Waals surface area (Å²) in [5.41, 5.74) is 1.66. The summed E-state index contributed by atoms with van der Waals surface area (Å²) < 4.78 is 47.2. The molecule has 1 aliphatic rings. The first kappa shape index (κ1) is 20.3. The molecule has 4 rings (SSSR count). The third kappa shape index (κ3) is 4.42. The second-order valence-electron chi connectivity index (χ2n) is 7.53. The van der Waals surface area contributed by atoms with Gasteiger partial charge in [-0.3, -0.25) is 0 Å². The van der Waals surface area contributed by atoms with Gasteiger partial charge in [0, 0.05) is 19.6 Å². The normalized spacial score (nSPS) is 17.3. The number of carbonyl (C=O) groups excluding carboxylic acids is 1. The molecule has 158 valence electrons. The number of ether oxygens (including phenoxy) is 1. The van der Waals surface area contributed by atoms with Gasteiger partial charge in [-0.25, -0.2) is 9.78 Å². The van der Waals surface area contributed by atoms with E-state index in [1.165, 1.54) is 4.57 Å². The molecule has 0 aliphatic carbocycles. The van der Waals surface area contributed by atoms with Gasteiger partial charge < -0.3 is 14.2 Å². The van der Waals surface area contributed by atoms with Gasteiger partial charge >= 0.3 is 12.3 Å². The standard InChI is InChI=1S/C22H22F3N3O2/c23-22(24,25)20-26-18-10-4-5-11-19(18)28(20)14-17-9-6-12-27(13-17)21(29)30-15-16-7-2-1-3-8-16/h1-5,7-8,10-11,17H,6,9,12-15H2/t17-/m0/s1. The lowest BCUT2D eigenvalue weighted by Crippen LogP contribution is -2.41. The first-order chi connectivity index (χ1) is 14.4. The summed E-state index contributed by atoms with van der Waals surface area (Å²) in [5.74, 6) is -1.01. The lowest BCUT2D eigenvalue weighted by molar-refractivity contribution is -0.147. The number of rotatable bonds is 4. The van der Waals surface area contributed by atoms with Crippen LogP contribution in [0.5, 0.6) is 0 Å². The number of para-hydroxylation sites is 2. The number of benzene rings is 2. The van der Waals surface area contributed by atoms with Gasteiger partial charge in [-0.05, 0) is 36.5 Å². The van der Waals surface area contributed by atoms with Crippen LogP contribution in [0.2, 0.25) is 0 Å². The van der Waals surface area contributed by atoms with Gasteiger partial charge in [0.15, 0.2) is 0 Å². The Kier molecular flexibility index (Phi) is 5.65. The number of likely N-dealkylation sites (tertiary alicyclic amines) is 1. The van der Waals surface area contributed by atoms with Crippen molar-refractivity contribution in [1.82, 2.24) is 14.5 Å². The van der Waals surface area contributed by atoms with E-state index in [-0.39, 0.29) is 19.1 Å². The highest BCUT2D eigenvalue weighted by molar-refractivity contribution is 5.76. The predicted octanol–water partition coefficient (Wildman–Crippen LogP) is 5.10. The Morgan fingerprint density at radius 1 is 1.10 bits per heavy atom. The molecule has 0 spiro atoms. The molecule has 3 aromatic rings. The SMILES string of the molecule is O=C(OCc1ccccc1)N1CCC[C@H](Cn2c(C(F)(F)F)nc3ccccc32)C1. The van der Waals surface area contributed by atoms with Crippen molar-refractivity contribution in [3.63, 3.8) is 0 Å². The average Bonchev–Trinajstić information content (AvgIpc) is 3.12. The van der Waals surface area contributed by atoms with Crippen molar-refractivity contribution in [3.05, 3.63) is 66.0 Å². The predicted molar refractivity (Wildman–Crippen MR) is 106 cm³/mol. The maximum absolute atomic E-state index is 13.5. The first-order valence-corrected chi connectivity index (χ1v) is 9.90. The summed E-state index contributed by atoms with van der Waals surface area (Å²) in [6, 6.07) is 16.0. The summed E-state index contributed by atoms with van der Waals surface area (Å²) in [6.07, 6.45) is -3.51. The summed E-state index contributed by atoms with van der Waals surface area (Å²) in [4.78, 5) is 17.8. The topological polar surface area (TPSA) is 47.4 Å². The fourth-order valence-electron chi connectivity index (χ4n) is 3.93. The van der Waals surface area contributed by atoms with E-state index in [2.05, 4.69) is 4.98 Å². The van der Waals surface area contributed by atoms with Gasteiger partial charge in [0.2, 0.25) is 5.82 Å². The Hall–Kier alpha value is -3.03.